The van der Waals surface area contributed by atoms with Gasteiger partial charge in [0.2, 0.25) is 5.91 Å². The fourth-order valence-corrected chi connectivity index (χ4v) is 1.84. The predicted molar refractivity (Wildman–Crippen MR) is 57.1 cm³/mol. The monoisotopic (exact) mass is 206 g/mol. The number of rotatable bonds is 1. The maximum Gasteiger partial charge on any atom is 0.245 e. The van der Waals surface area contributed by atoms with Crippen LogP contribution in [0.3, 0.4) is 0 Å². The van der Waals surface area contributed by atoms with Crippen LogP contribution in [0.2, 0.25) is 0 Å². The lowest BCUT2D eigenvalue weighted by atomic mass is 10.1. The van der Waals surface area contributed by atoms with Crippen LogP contribution in [0, 0.1) is 0 Å². The number of amides is 1. The number of hydrogen-bond donors (Lipinski definition) is 2. The molecule has 15 heavy (non-hydrogen) atoms. The fourth-order valence-electron chi connectivity index (χ4n) is 1.84. The minimum Gasteiger partial charge on any atom is -0.312 e. The number of anilines is 1. The third-order valence-corrected chi connectivity index (χ3v) is 2.73. The van der Waals surface area contributed by atoms with Gasteiger partial charge in [-0.05, 0) is 25.0 Å². The molecule has 0 radical (unpaired) electrons. The molecule has 1 atom stereocenters. The number of aryl methyl sites for hydroxylation is 1. The highest BCUT2D eigenvalue weighted by Crippen LogP contribution is 2.23. The predicted octanol–water partition coefficient (Wildman–Crippen LogP) is -0.177. The van der Waals surface area contributed by atoms with Crippen molar-refractivity contribution < 1.29 is 4.79 Å². The van der Waals surface area contributed by atoms with E-state index in [2.05, 4.69) is 10.4 Å². The van der Waals surface area contributed by atoms with Gasteiger partial charge in [-0.3, -0.25) is 15.6 Å². The Bertz CT molecular complexity index is 379. The molecule has 0 fully saturated rings. The molecule has 1 unspecified atom stereocenters. The smallest absolute Gasteiger partial charge is 0.245 e. The van der Waals surface area contributed by atoms with Gasteiger partial charge in [-0.25, -0.2) is 5.43 Å². The molecule has 5 nitrogen and oxygen atoms in total. The summed E-state index contributed by atoms with van der Waals surface area (Å²) in [5.41, 5.74) is 4.37. The van der Waals surface area contributed by atoms with Gasteiger partial charge in [-0.1, -0.05) is 0 Å². The third-order valence-electron chi connectivity index (χ3n) is 2.73. The van der Waals surface area contributed by atoms with E-state index in [1.54, 1.807) is 18.1 Å². The number of nitrogens with one attached hydrogen (secondary N) is 1. The third kappa shape index (κ3) is 1.71. The SMILES string of the molecule is CN1C(=O)C(NN)CCc2ncccc21. The summed E-state index contributed by atoms with van der Waals surface area (Å²) in [6.45, 7) is 0. The average Bonchev–Trinajstić information content (AvgIpc) is 2.39. The van der Waals surface area contributed by atoms with Crippen LogP contribution in [0.1, 0.15) is 12.1 Å². The van der Waals surface area contributed by atoms with Crippen LogP contribution < -0.4 is 16.2 Å². The standard InChI is InChI=1S/C10H14N4O/c1-14-9-3-2-6-12-7(9)4-5-8(13-11)10(14)15/h2-3,6,8,13H,4-5,11H2,1H3. The summed E-state index contributed by atoms with van der Waals surface area (Å²) in [5.74, 6) is 5.33. The number of pyridine rings is 1. The first-order valence-corrected chi connectivity index (χ1v) is 4.91. The molecule has 2 heterocycles. The quantitative estimate of drug-likeness (QED) is 0.494. The van der Waals surface area contributed by atoms with E-state index in [1.807, 2.05) is 12.1 Å². The highest BCUT2D eigenvalue weighted by molar-refractivity contribution is 5.97. The van der Waals surface area contributed by atoms with E-state index in [9.17, 15) is 4.79 Å². The fraction of sp³-hybridized carbons (Fsp3) is 0.400. The van der Waals surface area contributed by atoms with Gasteiger partial charge in [-0.2, -0.15) is 0 Å². The van der Waals surface area contributed by atoms with Gasteiger partial charge in [-0.15, -0.1) is 0 Å². The molecular formula is C10H14N4O. The molecule has 1 aliphatic rings. The van der Waals surface area contributed by atoms with Crippen molar-refractivity contribution in [2.24, 2.45) is 5.84 Å². The summed E-state index contributed by atoms with van der Waals surface area (Å²) < 4.78 is 0. The molecule has 1 amide bonds. The van der Waals surface area contributed by atoms with Gasteiger partial charge >= 0.3 is 0 Å². The molecule has 0 saturated heterocycles. The Kier molecular flexibility index (Phi) is 2.66. The Morgan fingerprint density at radius 2 is 2.47 bits per heavy atom. The van der Waals surface area contributed by atoms with Gasteiger partial charge < -0.3 is 4.90 Å². The number of nitrogens with zero attached hydrogens (tertiary/aromatic N) is 2. The van der Waals surface area contributed by atoms with Crippen molar-refractivity contribution in [1.82, 2.24) is 10.4 Å². The van der Waals surface area contributed by atoms with Gasteiger partial charge in [0, 0.05) is 13.2 Å². The Morgan fingerprint density at radius 1 is 1.67 bits per heavy atom. The van der Waals surface area contributed by atoms with Gasteiger partial charge in [0.25, 0.3) is 0 Å². The zero-order valence-corrected chi connectivity index (χ0v) is 8.60. The van der Waals surface area contributed by atoms with Crippen LogP contribution in [0.25, 0.3) is 0 Å². The number of carbonyl (C=O) groups excluding carboxylic acids is 1. The van der Waals surface area contributed by atoms with Crippen LogP contribution in [0.15, 0.2) is 18.3 Å². The minimum atomic E-state index is -0.316. The lowest BCUT2D eigenvalue weighted by Crippen LogP contribution is -2.47. The first-order chi connectivity index (χ1) is 7.24. The second-order valence-corrected chi connectivity index (χ2v) is 3.62. The summed E-state index contributed by atoms with van der Waals surface area (Å²) in [6.07, 6.45) is 3.19. The number of likely N-dealkylation sites (N-methyl/N-ethyl adjacent to an activating group) is 1. The molecule has 1 aliphatic heterocycles. The van der Waals surface area contributed by atoms with Crippen LogP contribution in [0.5, 0.6) is 0 Å². The number of aromatic nitrogens is 1. The summed E-state index contributed by atoms with van der Waals surface area (Å²) in [5, 5.41) is 0. The molecule has 0 spiro atoms. The first kappa shape index (κ1) is 10.1. The number of hydrazine groups is 1. The van der Waals surface area contributed by atoms with Crippen molar-refractivity contribution in [2.45, 2.75) is 18.9 Å². The van der Waals surface area contributed by atoms with E-state index >= 15 is 0 Å². The number of hydrogen-bond acceptors (Lipinski definition) is 4. The zero-order chi connectivity index (χ0) is 10.8. The lowest BCUT2D eigenvalue weighted by molar-refractivity contribution is -0.120. The van der Waals surface area contributed by atoms with Gasteiger partial charge in [0.05, 0.1) is 11.4 Å². The number of nitrogens with two attached hydrogens (primary N) is 1. The largest absolute Gasteiger partial charge is 0.312 e. The van der Waals surface area contributed by atoms with E-state index in [0.29, 0.717) is 6.42 Å². The molecule has 1 aromatic rings. The maximum atomic E-state index is 11.9. The first-order valence-electron chi connectivity index (χ1n) is 4.91. The molecule has 0 aliphatic carbocycles. The van der Waals surface area contributed by atoms with E-state index < -0.39 is 0 Å². The lowest BCUT2D eigenvalue weighted by Gasteiger charge is -2.20. The van der Waals surface area contributed by atoms with Gasteiger partial charge in [0.15, 0.2) is 0 Å². The normalized spacial score (nSPS) is 21.1. The highest BCUT2D eigenvalue weighted by Gasteiger charge is 2.27. The zero-order valence-electron chi connectivity index (χ0n) is 8.60. The van der Waals surface area contributed by atoms with Crippen LogP contribution in [-0.2, 0) is 11.2 Å². The number of fused-ring (bicyclic) bond motifs is 1. The second kappa shape index (κ2) is 3.96. The molecule has 0 aromatic carbocycles. The van der Waals surface area contributed by atoms with E-state index in [-0.39, 0.29) is 11.9 Å². The van der Waals surface area contributed by atoms with E-state index in [0.717, 1.165) is 17.8 Å². The topological polar surface area (TPSA) is 71.2 Å². The van der Waals surface area contributed by atoms with Crippen LogP contribution in [-0.4, -0.2) is 24.0 Å². The molecule has 1 aromatic heterocycles. The Hall–Kier alpha value is -1.46. The van der Waals surface area contributed by atoms with Crippen molar-refractivity contribution in [2.75, 3.05) is 11.9 Å². The molecule has 3 N–H and O–H groups in total. The molecule has 0 saturated carbocycles. The Labute approximate surface area is 88.3 Å². The Morgan fingerprint density at radius 3 is 3.20 bits per heavy atom. The summed E-state index contributed by atoms with van der Waals surface area (Å²) in [4.78, 5) is 17.8. The number of carbonyl (C=O) groups is 1. The molecule has 0 bridgehead atoms. The molecule has 80 valence electrons. The van der Waals surface area contributed by atoms with E-state index in [4.69, 9.17) is 5.84 Å². The molecule has 5 heteroatoms. The minimum absolute atomic E-state index is 0.00995. The van der Waals surface area contributed by atoms with E-state index in [1.165, 1.54) is 0 Å². The maximum absolute atomic E-state index is 11.9. The van der Waals surface area contributed by atoms with Crippen molar-refractivity contribution >= 4 is 11.6 Å². The molecular weight excluding hydrogens is 192 g/mol. The van der Waals surface area contributed by atoms with Crippen molar-refractivity contribution in [3.8, 4) is 0 Å². The summed E-state index contributed by atoms with van der Waals surface area (Å²) >= 11 is 0. The second-order valence-electron chi connectivity index (χ2n) is 3.62. The highest BCUT2D eigenvalue weighted by atomic mass is 16.2. The van der Waals surface area contributed by atoms with Crippen LogP contribution in [0.4, 0.5) is 5.69 Å². The van der Waals surface area contributed by atoms with Gasteiger partial charge in [0.1, 0.15) is 6.04 Å². The van der Waals surface area contributed by atoms with Crippen molar-refractivity contribution in [1.29, 1.82) is 0 Å². The summed E-state index contributed by atoms with van der Waals surface area (Å²) in [6, 6.07) is 3.42. The summed E-state index contributed by atoms with van der Waals surface area (Å²) in [7, 11) is 1.75. The van der Waals surface area contributed by atoms with Crippen molar-refractivity contribution in [3.63, 3.8) is 0 Å². The van der Waals surface area contributed by atoms with Crippen molar-refractivity contribution in [3.05, 3.63) is 24.0 Å². The average molecular weight is 206 g/mol. The Balaban J connectivity index is 2.39. The molecule has 2 rings (SSSR count). The van der Waals surface area contributed by atoms with Crippen LogP contribution >= 0.6 is 0 Å².